The van der Waals surface area contributed by atoms with Crippen molar-refractivity contribution < 1.29 is 9.53 Å². The molecular weight excluding hydrogens is 266 g/mol. The minimum Gasteiger partial charge on any atom is -0.376 e. The number of nitrogens with zero attached hydrogens (tertiary/aromatic N) is 1. The molecule has 1 amide bonds. The van der Waals surface area contributed by atoms with E-state index in [0.29, 0.717) is 25.0 Å². The van der Waals surface area contributed by atoms with Gasteiger partial charge in [0.25, 0.3) is 0 Å². The highest BCUT2D eigenvalue weighted by Crippen LogP contribution is 2.28. The lowest BCUT2D eigenvalue weighted by Gasteiger charge is -2.30. The first-order chi connectivity index (χ1) is 10.3. The van der Waals surface area contributed by atoms with Crippen LogP contribution in [-0.4, -0.2) is 62.3 Å². The molecule has 0 aromatic rings. The highest BCUT2D eigenvalue weighted by Gasteiger charge is 2.32. The molecule has 1 aliphatic carbocycles. The van der Waals surface area contributed by atoms with E-state index < -0.39 is 0 Å². The molecule has 2 unspecified atom stereocenters. The van der Waals surface area contributed by atoms with E-state index in [1.54, 1.807) is 0 Å². The molecule has 3 rings (SSSR count). The van der Waals surface area contributed by atoms with E-state index in [-0.39, 0.29) is 12.0 Å². The summed E-state index contributed by atoms with van der Waals surface area (Å²) in [4.78, 5) is 14.6. The number of rotatable bonds is 7. The molecule has 120 valence electrons. The molecule has 1 saturated carbocycles. The summed E-state index contributed by atoms with van der Waals surface area (Å²) < 4.78 is 5.55. The summed E-state index contributed by atoms with van der Waals surface area (Å²) in [6.07, 6.45) is 7.55. The summed E-state index contributed by atoms with van der Waals surface area (Å²) in [5.74, 6) is 0.881. The Bertz CT molecular complexity index is 334. The zero-order chi connectivity index (χ0) is 14.5. The number of nitrogens with one attached hydrogen (secondary N) is 2. The molecule has 5 nitrogen and oxygen atoms in total. The first-order valence-corrected chi connectivity index (χ1v) is 8.64. The lowest BCUT2D eigenvalue weighted by molar-refractivity contribution is -0.123. The van der Waals surface area contributed by atoms with Gasteiger partial charge in [0.2, 0.25) is 5.91 Å². The Balaban J connectivity index is 1.39. The molecule has 3 aliphatic rings. The minimum atomic E-state index is 0.168. The quantitative estimate of drug-likeness (QED) is 0.728. The van der Waals surface area contributed by atoms with Gasteiger partial charge in [-0.1, -0.05) is 0 Å². The van der Waals surface area contributed by atoms with Crippen LogP contribution in [-0.2, 0) is 9.53 Å². The van der Waals surface area contributed by atoms with Crippen LogP contribution in [0, 0.1) is 5.92 Å². The zero-order valence-electron chi connectivity index (χ0n) is 13.0. The van der Waals surface area contributed by atoms with Gasteiger partial charge >= 0.3 is 0 Å². The second-order valence-corrected chi connectivity index (χ2v) is 6.81. The van der Waals surface area contributed by atoms with Gasteiger partial charge in [0.05, 0.1) is 12.6 Å². The molecule has 3 fully saturated rings. The van der Waals surface area contributed by atoms with Crippen molar-refractivity contribution >= 4 is 5.91 Å². The van der Waals surface area contributed by atoms with Crippen molar-refractivity contribution in [1.29, 1.82) is 0 Å². The molecule has 2 aliphatic heterocycles. The van der Waals surface area contributed by atoms with E-state index >= 15 is 0 Å². The number of carbonyl (C=O) groups is 1. The van der Waals surface area contributed by atoms with E-state index in [2.05, 4.69) is 15.5 Å². The van der Waals surface area contributed by atoms with Gasteiger partial charge in [-0.25, -0.2) is 0 Å². The van der Waals surface area contributed by atoms with E-state index in [9.17, 15) is 4.79 Å². The molecule has 0 spiro atoms. The molecule has 0 aromatic carbocycles. The van der Waals surface area contributed by atoms with Crippen LogP contribution >= 0.6 is 0 Å². The lowest BCUT2D eigenvalue weighted by Crippen LogP contribution is -2.45. The van der Waals surface area contributed by atoms with Gasteiger partial charge in [0.1, 0.15) is 0 Å². The molecule has 5 heteroatoms. The van der Waals surface area contributed by atoms with Crippen molar-refractivity contribution in [2.24, 2.45) is 5.92 Å². The van der Waals surface area contributed by atoms with Gasteiger partial charge in [0.15, 0.2) is 0 Å². The maximum Gasteiger partial charge on any atom is 0.234 e. The molecule has 2 heterocycles. The molecule has 0 aromatic heterocycles. The van der Waals surface area contributed by atoms with E-state index in [4.69, 9.17) is 4.74 Å². The SMILES string of the molecule is O=C(CN(CC1CCCNC1)C1CC1)NCC1CCCO1. The number of piperidine rings is 1. The van der Waals surface area contributed by atoms with Crippen LogP contribution < -0.4 is 10.6 Å². The standard InChI is InChI=1S/C16H29N3O2/c20-16(18-10-15-4-2-8-21-15)12-19(14-5-6-14)11-13-3-1-7-17-9-13/h13-15,17H,1-12H2,(H,18,20). The minimum absolute atomic E-state index is 0.168. The van der Waals surface area contributed by atoms with Crippen LogP contribution in [0.4, 0.5) is 0 Å². The second-order valence-electron chi connectivity index (χ2n) is 6.81. The second kappa shape index (κ2) is 7.56. The van der Waals surface area contributed by atoms with E-state index in [0.717, 1.165) is 39.1 Å². The summed E-state index contributed by atoms with van der Waals surface area (Å²) in [5, 5.41) is 6.53. The first kappa shape index (κ1) is 15.3. The Morgan fingerprint density at radius 3 is 2.81 bits per heavy atom. The Morgan fingerprint density at radius 1 is 1.24 bits per heavy atom. The molecular formula is C16H29N3O2. The van der Waals surface area contributed by atoms with Crippen molar-refractivity contribution in [3.8, 4) is 0 Å². The largest absolute Gasteiger partial charge is 0.376 e. The van der Waals surface area contributed by atoms with Gasteiger partial charge in [0, 0.05) is 25.7 Å². The van der Waals surface area contributed by atoms with Gasteiger partial charge in [-0.3, -0.25) is 9.69 Å². The Hall–Kier alpha value is -0.650. The molecule has 2 atom stereocenters. The summed E-state index contributed by atoms with van der Waals surface area (Å²) in [6, 6.07) is 0.653. The molecule has 0 radical (unpaired) electrons. The average Bonchev–Trinajstić information content (AvgIpc) is 3.22. The smallest absolute Gasteiger partial charge is 0.234 e. The highest BCUT2D eigenvalue weighted by atomic mass is 16.5. The van der Waals surface area contributed by atoms with Crippen LogP contribution in [0.1, 0.15) is 38.5 Å². The molecule has 0 bridgehead atoms. The van der Waals surface area contributed by atoms with Gasteiger partial charge in [-0.2, -0.15) is 0 Å². The number of carbonyl (C=O) groups excluding carboxylic acids is 1. The van der Waals surface area contributed by atoms with Crippen molar-refractivity contribution in [2.75, 3.05) is 39.3 Å². The van der Waals surface area contributed by atoms with E-state index in [1.165, 1.54) is 25.7 Å². The summed E-state index contributed by atoms with van der Waals surface area (Å²) >= 11 is 0. The van der Waals surface area contributed by atoms with Crippen LogP contribution in [0.3, 0.4) is 0 Å². The van der Waals surface area contributed by atoms with Gasteiger partial charge in [-0.15, -0.1) is 0 Å². The normalized spacial score (nSPS) is 29.8. The van der Waals surface area contributed by atoms with Crippen LogP contribution in [0.5, 0.6) is 0 Å². The maximum absolute atomic E-state index is 12.2. The average molecular weight is 295 g/mol. The predicted octanol–water partition coefficient (Wildman–Crippen LogP) is 0.746. The molecule has 2 N–H and O–H groups in total. The van der Waals surface area contributed by atoms with Crippen molar-refractivity contribution in [2.45, 2.75) is 50.7 Å². The van der Waals surface area contributed by atoms with E-state index in [1.807, 2.05) is 0 Å². The highest BCUT2D eigenvalue weighted by molar-refractivity contribution is 5.78. The van der Waals surface area contributed by atoms with Gasteiger partial charge in [-0.05, 0) is 57.5 Å². The number of hydrogen-bond acceptors (Lipinski definition) is 4. The first-order valence-electron chi connectivity index (χ1n) is 8.64. The maximum atomic E-state index is 12.2. The van der Waals surface area contributed by atoms with Crippen molar-refractivity contribution in [3.05, 3.63) is 0 Å². The zero-order valence-corrected chi connectivity index (χ0v) is 13.0. The Kier molecular flexibility index (Phi) is 5.49. The van der Waals surface area contributed by atoms with Crippen molar-refractivity contribution in [3.63, 3.8) is 0 Å². The van der Waals surface area contributed by atoms with Gasteiger partial charge < -0.3 is 15.4 Å². The predicted molar refractivity (Wildman–Crippen MR) is 82.2 cm³/mol. The monoisotopic (exact) mass is 295 g/mol. The van der Waals surface area contributed by atoms with Crippen LogP contribution in [0.2, 0.25) is 0 Å². The lowest BCUT2D eigenvalue weighted by atomic mass is 9.99. The third-order valence-corrected chi connectivity index (χ3v) is 4.85. The number of ether oxygens (including phenoxy) is 1. The number of hydrogen-bond donors (Lipinski definition) is 2. The Labute approximate surface area is 127 Å². The fourth-order valence-electron chi connectivity index (χ4n) is 3.47. The van der Waals surface area contributed by atoms with Crippen LogP contribution in [0.25, 0.3) is 0 Å². The van der Waals surface area contributed by atoms with Crippen molar-refractivity contribution in [1.82, 2.24) is 15.5 Å². The summed E-state index contributed by atoms with van der Waals surface area (Å²) in [5.41, 5.74) is 0. The third kappa shape index (κ3) is 4.94. The van der Waals surface area contributed by atoms with Crippen LogP contribution in [0.15, 0.2) is 0 Å². The fraction of sp³-hybridized carbons (Fsp3) is 0.938. The fourth-order valence-corrected chi connectivity index (χ4v) is 3.47. The topological polar surface area (TPSA) is 53.6 Å². The third-order valence-electron chi connectivity index (χ3n) is 4.85. The summed E-state index contributed by atoms with van der Waals surface area (Å²) in [6.45, 7) is 5.44. The molecule has 21 heavy (non-hydrogen) atoms. The molecule has 2 saturated heterocycles. The number of amides is 1. The Morgan fingerprint density at radius 2 is 2.14 bits per heavy atom. The summed E-state index contributed by atoms with van der Waals surface area (Å²) in [7, 11) is 0.